The zero-order chi connectivity index (χ0) is 15.5. The second kappa shape index (κ2) is 6.89. The lowest BCUT2D eigenvalue weighted by molar-refractivity contribution is -0.124. The fraction of sp³-hybridized carbons (Fsp3) is 0.500. The number of hydrogen-bond donors (Lipinski definition) is 2. The molecule has 1 aliphatic heterocycles. The summed E-state index contributed by atoms with van der Waals surface area (Å²) in [6, 6.07) is 6.45. The monoisotopic (exact) mass is 374 g/mol. The van der Waals surface area contributed by atoms with Gasteiger partial charge in [0.2, 0.25) is 5.91 Å². The van der Waals surface area contributed by atoms with Gasteiger partial charge < -0.3 is 10.6 Å². The summed E-state index contributed by atoms with van der Waals surface area (Å²) in [7, 11) is -3.45. The van der Waals surface area contributed by atoms with E-state index >= 15 is 0 Å². The zero-order valence-electron chi connectivity index (χ0n) is 11.8. The molecule has 1 heterocycles. The summed E-state index contributed by atoms with van der Waals surface area (Å²) < 4.78 is 25.3. The molecule has 0 radical (unpaired) electrons. The molecule has 1 aromatic rings. The van der Waals surface area contributed by atoms with Crippen molar-refractivity contribution < 1.29 is 13.2 Å². The van der Waals surface area contributed by atoms with Crippen molar-refractivity contribution in [3.63, 3.8) is 0 Å². The van der Waals surface area contributed by atoms with Gasteiger partial charge in [-0.25, -0.2) is 8.42 Å². The van der Waals surface area contributed by atoms with Gasteiger partial charge >= 0.3 is 0 Å². The molecular formula is C14H19BrN2O3S. The minimum absolute atomic E-state index is 0.177. The summed E-state index contributed by atoms with van der Waals surface area (Å²) in [6.45, 7) is 4.07. The Morgan fingerprint density at radius 2 is 2.00 bits per heavy atom. The molecule has 1 fully saturated rings. The Kier molecular flexibility index (Phi) is 5.40. The molecule has 21 heavy (non-hydrogen) atoms. The quantitative estimate of drug-likeness (QED) is 0.784. The van der Waals surface area contributed by atoms with Crippen molar-refractivity contribution >= 4 is 31.7 Å². The van der Waals surface area contributed by atoms with Gasteiger partial charge in [0, 0.05) is 35.9 Å². The van der Waals surface area contributed by atoms with Gasteiger partial charge in [0.05, 0.1) is 10.6 Å². The number of carbonyl (C=O) groups excluding carboxylic acids is 1. The fourth-order valence-corrected chi connectivity index (χ4v) is 3.87. The van der Waals surface area contributed by atoms with E-state index in [0.29, 0.717) is 12.5 Å². The number of carbonyl (C=O) groups is 1. The van der Waals surface area contributed by atoms with Crippen LogP contribution in [0.3, 0.4) is 0 Å². The van der Waals surface area contributed by atoms with Crippen LogP contribution >= 0.6 is 15.9 Å². The van der Waals surface area contributed by atoms with Crippen LogP contribution in [0.2, 0.25) is 0 Å². The Morgan fingerprint density at radius 1 is 1.38 bits per heavy atom. The van der Waals surface area contributed by atoms with Crippen molar-refractivity contribution in [3.8, 4) is 0 Å². The van der Waals surface area contributed by atoms with E-state index in [2.05, 4.69) is 26.6 Å². The molecule has 1 amide bonds. The number of benzene rings is 1. The number of rotatable bonds is 6. The lowest BCUT2D eigenvalue weighted by Crippen LogP contribution is -2.49. The first-order valence-corrected chi connectivity index (χ1v) is 9.30. The summed E-state index contributed by atoms with van der Waals surface area (Å²) >= 11 is 3.27. The minimum Gasteiger partial charge on any atom is -0.355 e. The van der Waals surface area contributed by atoms with Gasteiger partial charge in [-0.1, -0.05) is 22.9 Å². The normalized spacial score (nSPS) is 17.0. The van der Waals surface area contributed by atoms with E-state index in [1.165, 1.54) is 0 Å². The molecular weight excluding hydrogens is 356 g/mol. The summed E-state index contributed by atoms with van der Waals surface area (Å²) in [4.78, 5) is 12.2. The molecule has 1 saturated heterocycles. The molecule has 7 heteroatoms. The van der Waals surface area contributed by atoms with Crippen LogP contribution in [0.25, 0.3) is 0 Å². The molecule has 0 aliphatic carbocycles. The molecule has 1 aliphatic rings. The first-order chi connectivity index (χ1) is 9.88. The molecule has 2 N–H and O–H groups in total. The molecule has 116 valence electrons. The van der Waals surface area contributed by atoms with E-state index < -0.39 is 15.8 Å². The maximum atomic E-state index is 12.3. The number of hydrogen-bond acceptors (Lipinski definition) is 4. The second-order valence-corrected chi connectivity index (χ2v) is 8.36. The molecule has 0 saturated carbocycles. The Hall–Kier alpha value is -0.920. The van der Waals surface area contributed by atoms with E-state index in [-0.39, 0.29) is 16.6 Å². The van der Waals surface area contributed by atoms with Crippen molar-refractivity contribution in [2.24, 2.45) is 11.8 Å². The van der Waals surface area contributed by atoms with Gasteiger partial charge in [0.25, 0.3) is 0 Å². The summed E-state index contributed by atoms with van der Waals surface area (Å²) in [5.74, 6) is -0.484. The van der Waals surface area contributed by atoms with E-state index in [4.69, 9.17) is 0 Å². The highest BCUT2D eigenvalue weighted by atomic mass is 79.9. The topological polar surface area (TPSA) is 75.3 Å². The van der Waals surface area contributed by atoms with Crippen LogP contribution < -0.4 is 10.6 Å². The van der Waals surface area contributed by atoms with Crippen LogP contribution in [0.5, 0.6) is 0 Å². The van der Waals surface area contributed by atoms with E-state index in [1.807, 2.05) is 0 Å². The van der Waals surface area contributed by atoms with Crippen molar-refractivity contribution in [3.05, 3.63) is 28.7 Å². The van der Waals surface area contributed by atoms with Crippen molar-refractivity contribution in [2.75, 3.05) is 25.4 Å². The third-order valence-corrected chi connectivity index (χ3v) is 5.98. The summed E-state index contributed by atoms with van der Waals surface area (Å²) in [6.07, 6.45) is 0. The smallest absolute Gasteiger partial charge is 0.223 e. The minimum atomic E-state index is -3.45. The molecule has 0 spiro atoms. The third kappa shape index (κ3) is 4.52. The van der Waals surface area contributed by atoms with Crippen molar-refractivity contribution in [1.82, 2.24) is 10.6 Å². The third-order valence-electron chi connectivity index (χ3n) is 3.52. The number of sulfone groups is 1. The maximum absolute atomic E-state index is 12.3. The highest BCUT2D eigenvalue weighted by molar-refractivity contribution is 9.10. The van der Waals surface area contributed by atoms with Gasteiger partial charge in [0.1, 0.15) is 0 Å². The van der Waals surface area contributed by atoms with Crippen LogP contribution in [0.4, 0.5) is 0 Å². The largest absolute Gasteiger partial charge is 0.355 e. The molecule has 5 nitrogen and oxygen atoms in total. The predicted molar refractivity (Wildman–Crippen MR) is 84.7 cm³/mol. The molecule has 1 atom stereocenters. The first-order valence-electron chi connectivity index (χ1n) is 6.85. The Balaban J connectivity index is 1.91. The Morgan fingerprint density at radius 3 is 2.52 bits per heavy atom. The van der Waals surface area contributed by atoms with Crippen LogP contribution in [-0.2, 0) is 14.6 Å². The number of nitrogens with one attached hydrogen (secondary N) is 2. The van der Waals surface area contributed by atoms with E-state index in [0.717, 1.165) is 17.6 Å². The van der Waals surface area contributed by atoms with Crippen LogP contribution in [-0.4, -0.2) is 39.7 Å². The first kappa shape index (κ1) is 16.5. The van der Waals surface area contributed by atoms with Crippen LogP contribution in [0.1, 0.15) is 6.92 Å². The lowest BCUT2D eigenvalue weighted by atomic mass is 10.0. The van der Waals surface area contributed by atoms with Gasteiger partial charge in [-0.3, -0.25) is 4.79 Å². The standard InChI is InChI=1S/C14H19BrN2O3S/c1-10(14(18)17-8-11-6-16-7-11)9-21(19,20)13-4-2-12(15)3-5-13/h2-5,10-11,16H,6-9H2,1H3,(H,17,18). The summed E-state index contributed by atoms with van der Waals surface area (Å²) in [5.41, 5.74) is 0. The van der Waals surface area contributed by atoms with Gasteiger partial charge in [-0.05, 0) is 24.3 Å². The molecule has 1 unspecified atom stereocenters. The van der Waals surface area contributed by atoms with Crippen LogP contribution in [0.15, 0.2) is 33.6 Å². The molecule has 0 bridgehead atoms. The average molecular weight is 375 g/mol. The Bertz CT molecular complexity index is 597. The second-order valence-electron chi connectivity index (χ2n) is 5.41. The fourth-order valence-electron chi connectivity index (χ4n) is 2.05. The van der Waals surface area contributed by atoms with Gasteiger partial charge in [0.15, 0.2) is 9.84 Å². The average Bonchev–Trinajstić information content (AvgIpc) is 2.36. The maximum Gasteiger partial charge on any atom is 0.223 e. The summed E-state index contributed by atoms with van der Waals surface area (Å²) in [5, 5.41) is 5.94. The van der Waals surface area contributed by atoms with Gasteiger partial charge in [-0.15, -0.1) is 0 Å². The highest BCUT2D eigenvalue weighted by Crippen LogP contribution is 2.18. The van der Waals surface area contributed by atoms with Crippen LogP contribution in [0, 0.1) is 11.8 Å². The van der Waals surface area contributed by atoms with Crippen molar-refractivity contribution in [1.29, 1.82) is 0 Å². The van der Waals surface area contributed by atoms with Crippen molar-refractivity contribution in [2.45, 2.75) is 11.8 Å². The highest BCUT2D eigenvalue weighted by Gasteiger charge is 2.24. The molecule has 0 aromatic heterocycles. The van der Waals surface area contributed by atoms with E-state index in [1.54, 1.807) is 31.2 Å². The SMILES string of the molecule is CC(CS(=O)(=O)c1ccc(Br)cc1)C(=O)NCC1CNC1. The zero-order valence-corrected chi connectivity index (χ0v) is 14.2. The Labute approximate surface area is 133 Å². The lowest BCUT2D eigenvalue weighted by Gasteiger charge is -2.27. The molecule has 2 rings (SSSR count). The number of amides is 1. The van der Waals surface area contributed by atoms with Gasteiger partial charge in [-0.2, -0.15) is 0 Å². The molecule has 1 aromatic carbocycles. The van der Waals surface area contributed by atoms with E-state index in [9.17, 15) is 13.2 Å². The predicted octanol–water partition coefficient (Wildman–Crippen LogP) is 1.19. The number of halogens is 1.